The molecule has 36 heavy (non-hydrogen) atoms. The molecule has 3 heterocycles. The lowest BCUT2D eigenvalue weighted by Gasteiger charge is -2.40. The van der Waals surface area contributed by atoms with Gasteiger partial charge < -0.3 is 23.7 Å². The van der Waals surface area contributed by atoms with E-state index < -0.39 is 6.36 Å². The molecule has 2 unspecified atom stereocenters. The van der Waals surface area contributed by atoms with Crippen molar-refractivity contribution in [3.05, 3.63) is 41.6 Å². The number of likely N-dealkylation sites (tertiary alicyclic amines) is 2. The molecular weight excluding hydrogens is 479 g/mol. The molecular formula is C24H28F3N5O4. The molecule has 2 atom stereocenters. The molecule has 1 aromatic heterocycles. The molecule has 2 saturated heterocycles. The maximum absolute atomic E-state index is 13.4. The van der Waals surface area contributed by atoms with Crippen molar-refractivity contribution in [1.82, 2.24) is 20.0 Å². The Morgan fingerprint density at radius 1 is 1.14 bits per heavy atom. The lowest BCUT2D eigenvalue weighted by atomic mass is 9.84. The average molecular weight is 508 g/mol. The molecule has 0 radical (unpaired) electrons. The second-order valence-corrected chi connectivity index (χ2v) is 9.10. The highest BCUT2D eigenvalue weighted by Crippen LogP contribution is 2.37. The number of benzene rings is 1. The topological polar surface area (TPSA) is 105 Å². The predicted molar refractivity (Wildman–Crippen MR) is 120 cm³/mol. The summed E-state index contributed by atoms with van der Waals surface area (Å²) in [5, 5.41) is 17.4. The van der Waals surface area contributed by atoms with Crippen LogP contribution < -0.4 is 4.74 Å². The van der Waals surface area contributed by atoms with Gasteiger partial charge >= 0.3 is 12.4 Å². The Hall–Kier alpha value is -3.33. The van der Waals surface area contributed by atoms with E-state index in [4.69, 9.17) is 14.4 Å². The van der Waals surface area contributed by atoms with Crippen LogP contribution in [0.2, 0.25) is 0 Å². The second-order valence-electron chi connectivity index (χ2n) is 9.10. The molecule has 0 aliphatic carbocycles. The molecule has 9 nitrogen and oxygen atoms in total. The first-order valence-electron chi connectivity index (χ1n) is 11.9. The highest BCUT2D eigenvalue weighted by molar-refractivity contribution is 5.75. The van der Waals surface area contributed by atoms with Crippen molar-refractivity contribution in [3.8, 4) is 11.8 Å². The molecule has 1 aromatic carbocycles. The zero-order valence-electron chi connectivity index (χ0n) is 19.9. The lowest BCUT2D eigenvalue weighted by molar-refractivity contribution is -0.274. The van der Waals surface area contributed by atoms with Crippen molar-refractivity contribution in [2.45, 2.75) is 43.9 Å². The molecule has 194 valence electrons. The molecule has 0 N–H and O–H groups in total. The van der Waals surface area contributed by atoms with E-state index >= 15 is 0 Å². The van der Waals surface area contributed by atoms with Crippen LogP contribution in [-0.2, 0) is 11.2 Å². The van der Waals surface area contributed by atoms with Gasteiger partial charge in [-0.25, -0.2) is 4.79 Å². The van der Waals surface area contributed by atoms with Gasteiger partial charge in [0.15, 0.2) is 0 Å². The lowest BCUT2D eigenvalue weighted by Crippen LogP contribution is -2.51. The van der Waals surface area contributed by atoms with Gasteiger partial charge in [-0.05, 0) is 37.0 Å². The largest absolute Gasteiger partial charge is 0.573 e. The van der Waals surface area contributed by atoms with Gasteiger partial charge in [0, 0.05) is 51.5 Å². The first-order valence-corrected chi connectivity index (χ1v) is 11.9. The number of piperidine rings is 2. The molecule has 2 aromatic rings. The number of aromatic nitrogens is 2. The van der Waals surface area contributed by atoms with E-state index in [9.17, 15) is 18.0 Å². The second kappa shape index (κ2) is 11.2. The Bertz CT molecular complexity index is 1060. The quantitative estimate of drug-likeness (QED) is 0.580. The first-order chi connectivity index (χ1) is 17.3. The Balaban J connectivity index is 1.53. The molecule has 2 fully saturated rings. The molecule has 0 saturated carbocycles. The Labute approximate surface area is 206 Å². The fourth-order valence-corrected chi connectivity index (χ4v) is 4.74. The van der Waals surface area contributed by atoms with Gasteiger partial charge in [0.25, 0.3) is 0 Å². The Morgan fingerprint density at radius 2 is 1.83 bits per heavy atom. The Morgan fingerprint density at radius 3 is 2.47 bits per heavy atom. The van der Waals surface area contributed by atoms with Gasteiger partial charge in [-0.2, -0.15) is 5.26 Å². The molecule has 2 amide bonds. The molecule has 4 rings (SSSR count). The van der Waals surface area contributed by atoms with Crippen LogP contribution in [0.5, 0.6) is 5.75 Å². The maximum Gasteiger partial charge on any atom is 0.573 e. The minimum Gasteiger partial charge on any atom is -0.425 e. The fourth-order valence-electron chi connectivity index (χ4n) is 4.74. The number of hydrogen-bond acceptors (Lipinski definition) is 7. The summed E-state index contributed by atoms with van der Waals surface area (Å²) in [5.74, 6) is 0.129. The standard InChI is InChI=1S/C24H28F3N5O4/c1-34-11-8-21-29-30-22(35-21)19-12-18(17-2-4-20(5-3-17)36-24(25,26)27)14-32(15-19)23(33)31-9-6-16(13-28)7-10-31/h2-5,16,18-19H,6-12,14-15H2,1H3. The Kier molecular flexibility index (Phi) is 7.98. The van der Waals surface area contributed by atoms with E-state index in [-0.39, 0.29) is 29.5 Å². The fraction of sp³-hybridized carbons (Fsp3) is 0.583. The number of methoxy groups -OCH3 is 1. The van der Waals surface area contributed by atoms with Crippen LogP contribution in [0.3, 0.4) is 0 Å². The van der Waals surface area contributed by atoms with Crippen molar-refractivity contribution in [1.29, 1.82) is 5.26 Å². The highest BCUT2D eigenvalue weighted by atomic mass is 19.4. The number of rotatable bonds is 6. The summed E-state index contributed by atoms with van der Waals surface area (Å²) in [6, 6.07) is 7.88. The summed E-state index contributed by atoms with van der Waals surface area (Å²) < 4.78 is 52.6. The van der Waals surface area contributed by atoms with Crippen LogP contribution in [0.25, 0.3) is 0 Å². The highest BCUT2D eigenvalue weighted by Gasteiger charge is 2.37. The number of nitrogens with zero attached hydrogens (tertiary/aromatic N) is 5. The number of alkyl halides is 3. The monoisotopic (exact) mass is 507 g/mol. The van der Waals surface area contributed by atoms with Gasteiger partial charge in [-0.1, -0.05) is 12.1 Å². The SMILES string of the molecule is COCCc1nnc(C2CC(c3ccc(OC(F)(F)F)cc3)CN(C(=O)N3CCC(C#N)CC3)C2)o1. The summed E-state index contributed by atoms with van der Waals surface area (Å²) in [6.45, 7) is 2.24. The minimum absolute atomic E-state index is 0.0442. The number of nitriles is 1. The van der Waals surface area contributed by atoms with Gasteiger partial charge in [-0.3, -0.25) is 0 Å². The van der Waals surface area contributed by atoms with E-state index in [1.54, 1.807) is 29.0 Å². The minimum atomic E-state index is -4.77. The van der Waals surface area contributed by atoms with Gasteiger partial charge in [0.2, 0.25) is 11.8 Å². The number of halogens is 3. The smallest absolute Gasteiger partial charge is 0.425 e. The summed E-state index contributed by atoms with van der Waals surface area (Å²) >= 11 is 0. The first kappa shape index (κ1) is 25.8. The summed E-state index contributed by atoms with van der Waals surface area (Å²) in [7, 11) is 1.58. The normalized spacial score (nSPS) is 21.3. The third-order valence-corrected chi connectivity index (χ3v) is 6.61. The zero-order valence-corrected chi connectivity index (χ0v) is 19.9. The number of carbonyl (C=O) groups excluding carboxylic acids is 1. The van der Waals surface area contributed by atoms with Crippen LogP contribution in [0.1, 0.15) is 48.4 Å². The van der Waals surface area contributed by atoms with Crippen LogP contribution in [0.4, 0.5) is 18.0 Å². The van der Waals surface area contributed by atoms with Crippen molar-refractivity contribution in [3.63, 3.8) is 0 Å². The van der Waals surface area contributed by atoms with E-state index in [1.807, 2.05) is 0 Å². The van der Waals surface area contributed by atoms with Crippen LogP contribution >= 0.6 is 0 Å². The van der Waals surface area contributed by atoms with E-state index in [1.165, 1.54) is 12.1 Å². The maximum atomic E-state index is 13.4. The van der Waals surface area contributed by atoms with Crippen molar-refractivity contribution >= 4 is 6.03 Å². The summed E-state index contributed by atoms with van der Waals surface area (Å²) in [5.41, 5.74) is 0.786. The summed E-state index contributed by atoms with van der Waals surface area (Å²) in [4.78, 5) is 16.9. The predicted octanol–water partition coefficient (Wildman–Crippen LogP) is 4.09. The number of hydrogen-bond donors (Lipinski definition) is 0. The van der Waals surface area contributed by atoms with Crippen LogP contribution in [-0.4, -0.2) is 72.3 Å². The van der Waals surface area contributed by atoms with E-state index in [0.717, 1.165) is 5.56 Å². The summed E-state index contributed by atoms with van der Waals surface area (Å²) in [6.07, 6.45) is -2.44. The van der Waals surface area contributed by atoms with E-state index in [2.05, 4.69) is 21.0 Å². The average Bonchev–Trinajstić information content (AvgIpc) is 3.35. The zero-order chi connectivity index (χ0) is 25.7. The van der Waals surface area contributed by atoms with Crippen LogP contribution in [0.15, 0.2) is 28.7 Å². The molecule has 0 spiro atoms. The number of ether oxygens (including phenoxy) is 2. The van der Waals surface area contributed by atoms with Gasteiger partial charge in [-0.15, -0.1) is 23.4 Å². The van der Waals surface area contributed by atoms with Gasteiger partial charge in [0.05, 0.1) is 18.6 Å². The number of urea groups is 1. The number of amides is 2. The van der Waals surface area contributed by atoms with Crippen LogP contribution in [0, 0.1) is 17.2 Å². The van der Waals surface area contributed by atoms with Crippen molar-refractivity contribution < 1.29 is 31.9 Å². The third kappa shape index (κ3) is 6.46. The molecule has 12 heteroatoms. The molecule has 2 aliphatic heterocycles. The van der Waals surface area contributed by atoms with Gasteiger partial charge in [0.1, 0.15) is 5.75 Å². The molecule has 0 bridgehead atoms. The van der Waals surface area contributed by atoms with Crippen molar-refractivity contribution in [2.24, 2.45) is 5.92 Å². The molecule has 2 aliphatic rings. The van der Waals surface area contributed by atoms with Crippen molar-refractivity contribution in [2.75, 3.05) is 39.9 Å². The third-order valence-electron chi connectivity index (χ3n) is 6.61. The number of carbonyl (C=O) groups is 1. The van der Waals surface area contributed by atoms with E-state index in [0.29, 0.717) is 70.3 Å².